The van der Waals surface area contributed by atoms with Gasteiger partial charge in [0.1, 0.15) is 6.04 Å². The first-order valence-corrected chi connectivity index (χ1v) is 8.97. The quantitative estimate of drug-likeness (QED) is 0.258. The van der Waals surface area contributed by atoms with Crippen LogP contribution in [0.1, 0.15) is 12.0 Å². The van der Waals surface area contributed by atoms with Crippen molar-refractivity contribution in [3.8, 4) is 0 Å². The molecular weight excluding hydrogens is 370 g/mol. The molecule has 27 heavy (non-hydrogen) atoms. The highest BCUT2D eigenvalue weighted by molar-refractivity contribution is 5.88. The predicted molar refractivity (Wildman–Crippen MR) is 109 cm³/mol. The average Bonchev–Trinajstić information content (AvgIpc) is 2.65. The van der Waals surface area contributed by atoms with E-state index in [1.54, 1.807) is 0 Å². The van der Waals surface area contributed by atoms with E-state index >= 15 is 0 Å². The molecule has 0 spiro atoms. The van der Waals surface area contributed by atoms with Crippen LogP contribution in [0.4, 0.5) is 0 Å². The zero-order chi connectivity index (χ0) is 19.0. The SMILES string of the molecule is Cl.NCCCNCC(=O)N[C@@H](Cc1ccccc1)C(=O)NCCOCCN. The van der Waals surface area contributed by atoms with Crippen molar-refractivity contribution in [2.75, 3.05) is 45.9 Å². The fourth-order valence-corrected chi connectivity index (χ4v) is 2.29. The van der Waals surface area contributed by atoms with Crippen LogP contribution in [0.25, 0.3) is 0 Å². The van der Waals surface area contributed by atoms with Gasteiger partial charge in [-0.15, -0.1) is 12.4 Å². The van der Waals surface area contributed by atoms with Gasteiger partial charge in [0.2, 0.25) is 11.8 Å². The molecule has 1 aromatic carbocycles. The van der Waals surface area contributed by atoms with Crippen molar-refractivity contribution in [1.82, 2.24) is 16.0 Å². The van der Waals surface area contributed by atoms with Crippen molar-refractivity contribution in [3.05, 3.63) is 35.9 Å². The Hall–Kier alpha value is -1.71. The first kappa shape index (κ1) is 25.3. The Balaban J connectivity index is 0.00000676. The van der Waals surface area contributed by atoms with E-state index in [-0.39, 0.29) is 30.8 Å². The molecule has 0 fully saturated rings. The van der Waals surface area contributed by atoms with E-state index in [1.165, 1.54) is 0 Å². The molecule has 0 unspecified atom stereocenters. The van der Waals surface area contributed by atoms with E-state index in [9.17, 15) is 9.59 Å². The van der Waals surface area contributed by atoms with Gasteiger partial charge in [-0.05, 0) is 25.1 Å². The molecule has 0 saturated carbocycles. The van der Waals surface area contributed by atoms with Gasteiger partial charge in [-0.1, -0.05) is 30.3 Å². The number of carbonyl (C=O) groups excluding carboxylic acids is 2. The first-order chi connectivity index (χ1) is 12.7. The number of rotatable bonds is 14. The summed E-state index contributed by atoms with van der Waals surface area (Å²) in [6, 6.07) is 8.93. The van der Waals surface area contributed by atoms with Crippen LogP contribution >= 0.6 is 12.4 Å². The Labute approximate surface area is 167 Å². The Bertz CT molecular complexity index is 519. The van der Waals surface area contributed by atoms with E-state index in [0.29, 0.717) is 45.8 Å². The van der Waals surface area contributed by atoms with E-state index in [4.69, 9.17) is 16.2 Å². The summed E-state index contributed by atoms with van der Waals surface area (Å²) in [5.41, 5.74) is 11.7. The molecule has 8 nitrogen and oxygen atoms in total. The highest BCUT2D eigenvalue weighted by Crippen LogP contribution is 2.03. The van der Waals surface area contributed by atoms with Gasteiger partial charge in [-0.25, -0.2) is 0 Å². The summed E-state index contributed by atoms with van der Waals surface area (Å²) in [5.74, 6) is -0.460. The minimum absolute atomic E-state index is 0. The molecular formula is C18H32ClN5O3. The molecule has 2 amide bonds. The summed E-state index contributed by atoms with van der Waals surface area (Å²) in [6.07, 6.45) is 1.22. The monoisotopic (exact) mass is 401 g/mol. The number of nitrogens with two attached hydrogens (primary N) is 2. The van der Waals surface area contributed by atoms with Gasteiger partial charge in [0.15, 0.2) is 0 Å². The second-order valence-electron chi connectivity index (χ2n) is 5.82. The van der Waals surface area contributed by atoms with Crippen LogP contribution in [0.2, 0.25) is 0 Å². The number of hydrogen-bond acceptors (Lipinski definition) is 6. The fraction of sp³-hybridized carbons (Fsp3) is 0.556. The van der Waals surface area contributed by atoms with Gasteiger partial charge in [0.25, 0.3) is 0 Å². The number of halogens is 1. The molecule has 0 heterocycles. The molecule has 1 atom stereocenters. The van der Waals surface area contributed by atoms with Crippen molar-refractivity contribution in [2.45, 2.75) is 18.9 Å². The molecule has 0 aromatic heterocycles. The largest absolute Gasteiger partial charge is 0.378 e. The smallest absolute Gasteiger partial charge is 0.243 e. The van der Waals surface area contributed by atoms with Gasteiger partial charge in [0, 0.05) is 19.5 Å². The van der Waals surface area contributed by atoms with Crippen LogP contribution in [-0.4, -0.2) is 63.8 Å². The minimum atomic E-state index is -0.643. The molecule has 154 valence electrons. The topological polar surface area (TPSA) is 132 Å². The summed E-state index contributed by atoms with van der Waals surface area (Å²) < 4.78 is 5.24. The minimum Gasteiger partial charge on any atom is -0.378 e. The standard InChI is InChI=1S/C18H31N5O3.ClH/c19-7-4-9-21-14-17(24)23-16(13-15-5-2-1-3-6-15)18(25)22-10-12-26-11-8-20;/h1-3,5-6,16,21H,4,7-14,19-20H2,(H,22,25)(H,23,24);1H/t16-;/m0./s1. The van der Waals surface area contributed by atoms with Crippen LogP contribution in [-0.2, 0) is 20.7 Å². The van der Waals surface area contributed by atoms with Crippen LogP contribution < -0.4 is 27.4 Å². The summed E-state index contributed by atoms with van der Waals surface area (Å²) in [4.78, 5) is 24.6. The second kappa shape index (κ2) is 16.5. The Morgan fingerprint density at radius 1 is 1.04 bits per heavy atom. The molecule has 1 aromatic rings. The summed E-state index contributed by atoms with van der Waals surface area (Å²) in [5, 5.41) is 8.58. The number of carbonyl (C=O) groups is 2. The van der Waals surface area contributed by atoms with Gasteiger partial charge in [0.05, 0.1) is 19.8 Å². The van der Waals surface area contributed by atoms with E-state index in [0.717, 1.165) is 12.0 Å². The third-order valence-corrected chi connectivity index (χ3v) is 3.59. The fourth-order valence-electron chi connectivity index (χ4n) is 2.29. The number of ether oxygens (including phenoxy) is 1. The molecule has 0 aliphatic carbocycles. The van der Waals surface area contributed by atoms with Crippen molar-refractivity contribution in [1.29, 1.82) is 0 Å². The van der Waals surface area contributed by atoms with Crippen LogP contribution in [0.5, 0.6) is 0 Å². The van der Waals surface area contributed by atoms with E-state index < -0.39 is 6.04 Å². The van der Waals surface area contributed by atoms with Gasteiger partial charge in [-0.3, -0.25) is 9.59 Å². The molecule has 0 saturated heterocycles. The number of amides is 2. The maximum atomic E-state index is 12.4. The average molecular weight is 402 g/mol. The van der Waals surface area contributed by atoms with Gasteiger partial charge >= 0.3 is 0 Å². The van der Waals surface area contributed by atoms with Crippen molar-refractivity contribution in [2.24, 2.45) is 11.5 Å². The number of nitrogens with one attached hydrogen (secondary N) is 3. The van der Waals surface area contributed by atoms with Gasteiger partial charge in [-0.2, -0.15) is 0 Å². The lowest BCUT2D eigenvalue weighted by Crippen LogP contribution is -2.50. The highest BCUT2D eigenvalue weighted by atomic mass is 35.5. The Kier molecular flexibility index (Phi) is 15.4. The third kappa shape index (κ3) is 12.3. The second-order valence-corrected chi connectivity index (χ2v) is 5.82. The molecule has 0 radical (unpaired) electrons. The maximum absolute atomic E-state index is 12.4. The summed E-state index contributed by atoms with van der Waals surface area (Å²) >= 11 is 0. The first-order valence-electron chi connectivity index (χ1n) is 8.97. The molecule has 0 aliphatic rings. The maximum Gasteiger partial charge on any atom is 0.243 e. The molecule has 0 bridgehead atoms. The normalized spacial score (nSPS) is 11.3. The Morgan fingerprint density at radius 3 is 2.44 bits per heavy atom. The lowest BCUT2D eigenvalue weighted by atomic mass is 10.1. The van der Waals surface area contributed by atoms with Gasteiger partial charge < -0.3 is 32.2 Å². The van der Waals surface area contributed by atoms with Crippen molar-refractivity contribution in [3.63, 3.8) is 0 Å². The van der Waals surface area contributed by atoms with E-state index in [2.05, 4.69) is 16.0 Å². The number of benzene rings is 1. The molecule has 1 rings (SSSR count). The highest BCUT2D eigenvalue weighted by Gasteiger charge is 2.20. The lowest BCUT2D eigenvalue weighted by molar-refractivity contribution is -0.128. The molecule has 7 N–H and O–H groups in total. The van der Waals surface area contributed by atoms with Crippen molar-refractivity contribution >= 4 is 24.2 Å². The van der Waals surface area contributed by atoms with Crippen LogP contribution in [0.15, 0.2) is 30.3 Å². The zero-order valence-corrected chi connectivity index (χ0v) is 16.4. The Morgan fingerprint density at radius 2 is 1.78 bits per heavy atom. The molecule has 9 heteroatoms. The van der Waals surface area contributed by atoms with Crippen LogP contribution in [0.3, 0.4) is 0 Å². The third-order valence-electron chi connectivity index (χ3n) is 3.59. The lowest BCUT2D eigenvalue weighted by Gasteiger charge is -2.19. The zero-order valence-electron chi connectivity index (χ0n) is 15.6. The summed E-state index contributed by atoms with van der Waals surface area (Å²) in [7, 11) is 0. The van der Waals surface area contributed by atoms with Crippen LogP contribution in [0, 0.1) is 0 Å². The number of hydrogen-bond donors (Lipinski definition) is 5. The van der Waals surface area contributed by atoms with E-state index in [1.807, 2.05) is 30.3 Å². The molecule has 0 aliphatic heterocycles. The predicted octanol–water partition coefficient (Wildman–Crippen LogP) is -0.834. The summed E-state index contributed by atoms with van der Waals surface area (Å²) in [6.45, 7) is 3.03. The van der Waals surface area contributed by atoms with Crippen molar-refractivity contribution < 1.29 is 14.3 Å².